The SMILES string of the molecule is C1=CCN(c2cnsn2)CC1. The zero-order chi connectivity index (χ0) is 7.52. The minimum absolute atomic E-state index is 0.978. The summed E-state index contributed by atoms with van der Waals surface area (Å²) >= 11 is 1.27. The topological polar surface area (TPSA) is 29.0 Å². The van der Waals surface area contributed by atoms with E-state index in [2.05, 4.69) is 25.8 Å². The summed E-state index contributed by atoms with van der Waals surface area (Å²) in [5.41, 5.74) is 0. The maximum atomic E-state index is 4.16. The molecular weight excluding hydrogens is 158 g/mol. The molecule has 1 aliphatic rings. The summed E-state index contributed by atoms with van der Waals surface area (Å²) in [5.74, 6) is 1.01. The van der Waals surface area contributed by atoms with Crippen molar-refractivity contribution in [1.29, 1.82) is 0 Å². The Balaban J connectivity index is 2.11. The Morgan fingerprint density at radius 1 is 1.45 bits per heavy atom. The molecule has 0 atom stereocenters. The first-order valence-electron chi connectivity index (χ1n) is 3.64. The number of nitrogens with zero attached hydrogens (tertiary/aromatic N) is 3. The fourth-order valence-corrected chi connectivity index (χ4v) is 1.58. The van der Waals surface area contributed by atoms with Crippen molar-refractivity contribution < 1.29 is 0 Å². The third kappa shape index (κ3) is 1.40. The monoisotopic (exact) mass is 167 g/mol. The normalized spacial score (nSPS) is 17.3. The molecule has 2 heterocycles. The maximum Gasteiger partial charge on any atom is 0.162 e. The molecule has 1 aliphatic heterocycles. The van der Waals surface area contributed by atoms with Crippen molar-refractivity contribution in [3.8, 4) is 0 Å². The van der Waals surface area contributed by atoms with Crippen molar-refractivity contribution in [1.82, 2.24) is 8.75 Å². The van der Waals surface area contributed by atoms with Gasteiger partial charge in [-0.15, -0.1) is 0 Å². The van der Waals surface area contributed by atoms with Gasteiger partial charge in [0, 0.05) is 13.1 Å². The van der Waals surface area contributed by atoms with Gasteiger partial charge >= 0.3 is 0 Å². The average molecular weight is 167 g/mol. The molecule has 0 N–H and O–H groups in total. The Hall–Kier alpha value is -0.900. The Labute approximate surface area is 69.7 Å². The summed E-state index contributed by atoms with van der Waals surface area (Å²) in [5, 5.41) is 0. The summed E-state index contributed by atoms with van der Waals surface area (Å²) in [6.07, 6.45) is 7.32. The van der Waals surface area contributed by atoms with Gasteiger partial charge in [0.2, 0.25) is 0 Å². The van der Waals surface area contributed by atoms with Gasteiger partial charge in [-0.05, 0) is 6.42 Å². The van der Waals surface area contributed by atoms with Gasteiger partial charge in [-0.25, -0.2) is 0 Å². The van der Waals surface area contributed by atoms with E-state index in [4.69, 9.17) is 0 Å². The molecule has 0 amide bonds. The molecule has 0 unspecified atom stereocenters. The third-order valence-corrected chi connectivity index (χ3v) is 2.20. The third-order valence-electron chi connectivity index (χ3n) is 1.73. The average Bonchev–Trinajstić information content (AvgIpc) is 2.58. The molecule has 11 heavy (non-hydrogen) atoms. The van der Waals surface area contributed by atoms with Crippen LogP contribution in [0.25, 0.3) is 0 Å². The zero-order valence-electron chi connectivity index (χ0n) is 6.10. The highest BCUT2D eigenvalue weighted by atomic mass is 32.1. The number of anilines is 1. The van der Waals surface area contributed by atoms with Crippen LogP contribution >= 0.6 is 11.7 Å². The van der Waals surface area contributed by atoms with Crippen LogP contribution in [-0.2, 0) is 0 Å². The largest absolute Gasteiger partial charge is 0.350 e. The molecule has 3 nitrogen and oxygen atoms in total. The Morgan fingerprint density at radius 3 is 3.09 bits per heavy atom. The van der Waals surface area contributed by atoms with Crippen LogP contribution in [0.1, 0.15) is 6.42 Å². The molecule has 58 valence electrons. The van der Waals surface area contributed by atoms with E-state index in [1.165, 1.54) is 11.7 Å². The van der Waals surface area contributed by atoms with Gasteiger partial charge in [0.1, 0.15) is 0 Å². The summed E-state index contributed by atoms with van der Waals surface area (Å²) in [6, 6.07) is 0. The first-order chi connectivity index (χ1) is 5.47. The van der Waals surface area contributed by atoms with Crippen LogP contribution < -0.4 is 4.90 Å². The van der Waals surface area contributed by atoms with Crippen LogP contribution in [-0.4, -0.2) is 21.8 Å². The van der Waals surface area contributed by atoms with Gasteiger partial charge in [-0.2, -0.15) is 8.75 Å². The second kappa shape index (κ2) is 3.00. The van der Waals surface area contributed by atoms with Crippen molar-refractivity contribution in [3.05, 3.63) is 18.3 Å². The Morgan fingerprint density at radius 2 is 2.45 bits per heavy atom. The van der Waals surface area contributed by atoms with E-state index in [-0.39, 0.29) is 0 Å². The van der Waals surface area contributed by atoms with Crippen molar-refractivity contribution in [3.63, 3.8) is 0 Å². The molecule has 0 saturated heterocycles. The lowest BCUT2D eigenvalue weighted by Gasteiger charge is -2.21. The van der Waals surface area contributed by atoms with Crippen molar-refractivity contribution in [2.45, 2.75) is 6.42 Å². The summed E-state index contributed by atoms with van der Waals surface area (Å²) in [6.45, 7) is 2.05. The molecule has 0 saturated carbocycles. The molecule has 1 aromatic heterocycles. The van der Waals surface area contributed by atoms with Crippen LogP contribution in [0.4, 0.5) is 5.82 Å². The molecule has 0 aliphatic carbocycles. The summed E-state index contributed by atoms with van der Waals surface area (Å²) in [4.78, 5) is 2.23. The Bertz CT molecular complexity index is 242. The quantitative estimate of drug-likeness (QED) is 0.590. The van der Waals surface area contributed by atoms with E-state index >= 15 is 0 Å². The number of hydrogen-bond acceptors (Lipinski definition) is 4. The van der Waals surface area contributed by atoms with E-state index in [0.29, 0.717) is 0 Å². The highest BCUT2D eigenvalue weighted by molar-refractivity contribution is 6.99. The second-order valence-corrected chi connectivity index (χ2v) is 3.03. The van der Waals surface area contributed by atoms with Gasteiger partial charge in [-0.1, -0.05) is 12.2 Å². The summed E-state index contributed by atoms with van der Waals surface area (Å²) < 4.78 is 8.12. The molecule has 0 fully saturated rings. The predicted molar refractivity (Wildman–Crippen MR) is 45.9 cm³/mol. The van der Waals surface area contributed by atoms with E-state index in [1.54, 1.807) is 0 Å². The zero-order valence-corrected chi connectivity index (χ0v) is 6.92. The van der Waals surface area contributed by atoms with Gasteiger partial charge in [0.15, 0.2) is 5.82 Å². The van der Waals surface area contributed by atoms with Gasteiger partial charge in [0.05, 0.1) is 17.9 Å². The number of rotatable bonds is 1. The van der Waals surface area contributed by atoms with Crippen LogP contribution in [0.5, 0.6) is 0 Å². The fourth-order valence-electron chi connectivity index (χ4n) is 1.15. The predicted octanol–water partition coefficient (Wildman–Crippen LogP) is 1.30. The van der Waals surface area contributed by atoms with Crippen LogP contribution in [0, 0.1) is 0 Å². The van der Waals surface area contributed by atoms with Crippen LogP contribution in [0.2, 0.25) is 0 Å². The lowest BCUT2D eigenvalue weighted by atomic mass is 10.2. The highest BCUT2D eigenvalue weighted by Crippen LogP contribution is 2.13. The number of aromatic nitrogens is 2. The van der Waals surface area contributed by atoms with E-state index in [1.807, 2.05) is 6.20 Å². The van der Waals surface area contributed by atoms with Gasteiger partial charge in [-0.3, -0.25) is 0 Å². The number of hydrogen-bond donors (Lipinski definition) is 0. The lowest BCUT2D eigenvalue weighted by Crippen LogP contribution is -2.26. The molecule has 0 spiro atoms. The van der Waals surface area contributed by atoms with E-state index in [9.17, 15) is 0 Å². The Kier molecular flexibility index (Phi) is 1.85. The molecule has 4 heteroatoms. The fraction of sp³-hybridized carbons (Fsp3) is 0.429. The van der Waals surface area contributed by atoms with Gasteiger partial charge < -0.3 is 4.90 Å². The second-order valence-electron chi connectivity index (χ2n) is 2.47. The van der Waals surface area contributed by atoms with Crippen molar-refractivity contribution in [2.75, 3.05) is 18.0 Å². The molecular formula is C7H9N3S. The van der Waals surface area contributed by atoms with Crippen molar-refractivity contribution >= 4 is 17.5 Å². The van der Waals surface area contributed by atoms with Crippen molar-refractivity contribution in [2.24, 2.45) is 0 Å². The van der Waals surface area contributed by atoms with E-state index < -0.39 is 0 Å². The first-order valence-corrected chi connectivity index (χ1v) is 4.37. The molecule has 0 radical (unpaired) electrons. The molecule has 0 bridgehead atoms. The minimum Gasteiger partial charge on any atom is -0.350 e. The standard InChI is InChI=1S/C7H9N3S/c1-2-4-10(5-3-1)7-6-8-11-9-7/h1-2,6H,3-5H2. The van der Waals surface area contributed by atoms with Crippen LogP contribution in [0.15, 0.2) is 18.3 Å². The molecule has 0 aromatic carbocycles. The summed E-state index contributed by atoms with van der Waals surface area (Å²) in [7, 11) is 0. The van der Waals surface area contributed by atoms with Gasteiger partial charge in [0.25, 0.3) is 0 Å². The minimum atomic E-state index is 0.978. The molecule has 1 aromatic rings. The first kappa shape index (κ1) is 6.79. The smallest absolute Gasteiger partial charge is 0.162 e. The molecule has 2 rings (SSSR count). The lowest BCUT2D eigenvalue weighted by molar-refractivity contribution is 0.811. The van der Waals surface area contributed by atoms with E-state index in [0.717, 1.165) is 25.3 Å². The maximum absolute atomic E-state index is 4.16. The van der Waals surface area contributed by atoms with Crippen LogP contribution in [0.3, 0.4) is 0 Å². The highest BCUT2D eigenvalue weighted by Gasteiger charge is 2.08.